The first-order chi connectivity index (χ1) is 23.7. The molecule has 0 aromatic carbocycles. The molecule has 6 rings (SSSR count). The molecule has 0 bridgehead atoms. The van der Waals surface area contributed by atoms with E-state index in [1.54, 1.807) is 13.8 Å². The van der Waals surface area contributed by atoms with Crippen LogP contribution < -0.4 is 5.32 Å². The molecule has 6 aliphatic carbocycles. The number of carboxylic acid groups (broad SMARTS) is 1. The Morgan fingerprint density at radius 3 is 2.20 bits per heavy atom. The van der Waals surface area contributed by atoms with Gasteiger partial charge in [-0.3, -0.25) is 14.4 Å². The normalized spacial score (nSPS) is 39.4. The molecule has 8 atom stereocenters. The molecule has 0 spiro atoms. The number of rotatable bonds is 8. The lowest BCUT2D eigenvalue weighted by molar-refractivity contribution is -0.232. The zero-order valence-corrected chi connectivity index (χ0v) is 33.2. The number of amides is 1. The fourth-order valence-corrected chi connectivity index (χ4v) is 13.4. The van der Waals surface area contributed by atoms with Gasteiger partial charge in [0.1, 0.15) is 6.10 Å². The standard InChI is InChI=1S/C43H67NO7/c1-26(2)34-29(45)23-43(44-37(49)50-25-27-13-11-10-12-14-27)22-21-41(8)28(35(34)43)15-16-31-40(7)19-18-32(51-33(46)24-38(3,4)36(47)48)39(5,6)30(40)17-20-42(31,41)9/h26-28,30-32H,10-25H2,1-9H3,(H,44,49)(H,47,48)/t28?,30?,31?,32-,40-,41+,42+,43+/m0/s1. The maximum Gasteiger partial charge on any atom is 0.407 e. The van der Waals surface area contributed by atoms with Crippen LogP contribution in [0.15, 0.2) is 11.1 Å². The number of alkyl carbamates (subject to hydrolysis) is 1. The number of esters is 1. The van der Waals surface area contributed by atoms with Gasteiger partial charge in [0.25, 0.3) is 0 Å². The van der Waals surface area contributed by atoms with Crippen LogP contribution in [-0.4, -0.2) is 47.2 Å². The van der Waals surface area contributed by atoms with Crippen molar-refractivity contribution in [1.82, 2.24) is 5.32 Å². The second-order valence-electron chi connectivity index (χ2n) is 20.2. The van der Waals surface area contributed by atoms with Crippen molar-refractivity contribution in [2.24, 2.45) is 56.7 Å². The number of ketones is 1. The number of fused-ring (bicyclic) bond motifs is 7. The number of Topliss-reactive ketones (excluding diaryl/α,β-unsaturated/α-hetero) is 1. The lowest BCUT2D eigenvalue weighted by atomic mass is 9.33. The van der Waals surface area contributed by atoms with Crippen molar-refractivity contribution >= 4 is 23.8 Å². The van der Waals surface area contributed by atoms with Crippen LogP contribution in [0.4, 0.5) is 4.79 Å². The Balaban J connectivity index is 1.25. The van der Waals surface area contributed by atoms with Gasteiger partial charge in [-0.2, -0.15) is 0 Å². The van der Waals surface area contributed by atoms with Crippen molar-refractivity contribution in [2.75, 3.05) is 6.61 Å². The van der Waals surface area contributed by atoms with Gasteiger partial charge < -0.3 is 19.9 Å². The molecule has 3 unspecified atom stereocenters. The molecule has 8 heteroatoms. The minimum absolute atomic E-state index is 0.0307. The maximum absolute atomic E-state index is 13.9. The molecular weight excluding hydrogens is 642 g/mol. The van der Waals surface area contributed by atoms with Crippen LogP contribution in [0.5, 0.6) is 0 Å². The van der Waals surface area contributed by atoms with E-state index < -0.39 is 22.9 Å². The second-order valence-corrected chi connectivity index (χ2v) is 20.2. The number of nitrogens with one attached hydrogen (secondary N) is 1. The van der Waals surface area contributed by atoms with E-state index in [9.17, 15) is 24.3 Å². The van der Waals surface area contributed by atoms with E-state index >= 15 is 0 Å². The molecule has 0 saturated heterocycles. The lowest BCUT2D eigenvalue weighted by Crippen LogP contribution is -2.67. The van der Waals surface area contributed by atoms with Crippen molar-refractivity contribution in [2.45, 2.75) is 170 Å². The molecule has 1 amide bonds. The van der Waals surface area contributed by atoms with E-state index in [-0.39, 0.29) is 57.9 Å². The largest absolute Gasteiger partial charge is 0.481 e. The quantitative estimate of drug-likeness (QED) is 0.241. The Kier molecular flexibility index (Phi) is 9.91. The van der Waals surface area contributed by atoms with Gasteiger partial charge in [-0.25, -0.2) is 4.79 Å². The molecule has 0 radical (unpaired) electrons. The zero-order valence-electron chi connectivity index (χ0n) is 33.2. The number of hydrogen-bond acceptors (Lipinski definition) is 6. The number of allylic oxidation sites excluding steroid dienone is 1. The maximum atomic E-state index is 13.9. The number of carbonyl (C=O) groups excluding carboxylic acids is 3. The van der Waals surface area contributed by atoms with Crippen LogP contribution in [0.2, 0.25) is 0 Å². The first kappa shape index (κ1) is 38.3. The Morgan fingerprint density at radius 2 is 1.55 bits per heavy atom. The third-order valence-corrected chi connectivity index (χ3v) is 16.3. The SMILES string of the molecule is CC(C)C1=C2C3CCC4[C@@]5(C)CC[C@H](OC(=O)CC(C)(C)C(=O)O)C(C)(C)C5CC[C@@]4(C)[C@]3(C)CC[C@@]2(NC(=O)OCC2CCCCC2)CC1=O. The Labute approximate surface area is 307 Å². The molecule has 51 heavy (non-hydrogen) atoms. The van der Waals surface area contributed by atoms with Gasteiger partial charge in [0.15, 0.2) is 5.78 Å². The first-order valence-corrected chi connectivity index (χ1v) is 20.4. The summed E-state index contributed by atoms with van der Waals surface area (Å²) in [6, 6.07) is 0. The predicted molar refractivity (Wildman–Crippen MR) is 197 cm³/mol. The summed E-state index contributed by atoms with van der Waals surface area (Å²) in [5, 5.41) is 13.0. The van der Waals surface area contributed by atoms with Crippen molar-refractivity contribution < 1.29 is 33.8 Å². The van der Waals surface area contributed by atoms with Crippen LogP contribution >= 0.6 is 0 Å². The summed E-state index contributed by atoms with van der Waals surface area (Å²) >= 11 is 0. The van der Waals surface area contributed by atoms with Gasteiger partial charge in [0.2, 0.25) is 0 Å². The number of aliphatic carboxylic acids is 1. The van der Waals surface area contributed by atoms with E-state index in [4.69, 9.17) is 9.47 Å². The molecule has 5 fully saturated rings. The zero-order chi connectivity index (χ0) is 37.4. The van der Waals surface area contributed by atoms with Crippen LogP contribution in [0.1, 0.15) is 159 Å². The van der Waals surface area contributed by atoms with Crippen molar-refractivity contribution in [3.63, 3.8) is 0 Å². The third-order valence-electron chi connectivity index (χ3n) is 16.3. The monoisotopic (exact) mass is 709 g/mol. The van der Waals surface area contributed by atoms with E-state index in [0.29, 0.717) is 30.8 Å². The van der Waals surface area contributed by atoms with E-state index in [1.165, 1.54) is 24.8 Å². The average Bonchev–Trinajstić information content (AvgIpc) is 3.33. The summed E-state index contributed by atoms with van der Waals surface area (Å²) in [4.78, 5) is 52.3. The summed E-state index contributed by atoms with van der Waals surface area (Å²) in [6.45, 7) is 20.0. The summed E-state index contributed by atoms with van der Waals surface area (Å²) in [5.41, 5.74) is 0.176. The molecule has 0 aromatic rings. The Hall–Kier alpha value is -2.38. The number of hydrogen-bond donors (Lipinski definition) is 2. The van der Waals surface area contributed by atoms with Crippen LogP contribution in [0, 0.1) is 56.7 Å². The smallest absolute Gasteiger partial charge is 0.407 e. The average molecular weight is 710 g/mol. The first-order valence-electron chi connectivity index (χ1n) is 20.4. The van der Waals surface area contributed by atoms with Crippen LogP contribution in [0.3, 0.4) is 0 Å². The Bertz CT molecular complexity index is 1460. The third kappa shape index (κ3) is 6.18. The lowest BCUT2D eigenvalue weighted by Gasteiger charge is -2.72. The molecule has 8 nitrogen and oxygen atoms in total. The fourth-order valence-electron chi connectivity index (χ4n) is 13.4. The number of ether oxygens (including phenoxy) is 2. The van der Waals surface area contributed by atoms with E-state index in [2.05, 4.69) is 53.8 Å². The van der Waals surface area contributed by atoms with Crippen LogP contribution in [0.25, 0.3) is 0 Å². The number of carboxylic acids is 1. The van der Waals surface area contributed by atoms with Crippen molar-refractivity contribution in [1.29, 1.82) is 0 Å². The molecule has 286 valence electrons. The summed E-state index contributed by atoms with van der Waals surface area (Å²) in [7, 11) is 0. The Morgan fingerprint density at radius 1 is 0.863 bits per heavy atom. The second kappa shape index (κ2) is 13.2. The predicted octanol–water partition coefficient (Wildman–Crippen LogP) is 9.44. The van der Waals surface area contributed by atoms with Gasteiger partial charge in [-0.05, 0) is 135 Å². The van der Waals surface area contributed by atoms with E-state index in [0.717, 1.165) is 69.8 Å². The molecular formula is C43H67NO7. The summed E-state index contributed by atoms with van der Waals surface area (Å²) in [6.07, 6.45) is 13.2. The molecule has 2 N–H and O–H groups in total. The highest BCUT2D eigenvalue weighted by Crippen LogP contribution is 2.76. The summed E-state index contributed by atoms with van der Waals surface area (Å²) in [5.74, 6) is 0.377. The molecule has 0 aliphatic heterocycles. The van der Waals surface area contributed by atoms with Gasteiger partial charge >= 0.3 is 18.0 Å². The van der Waals surface area contributed by atoms with Gasteiger partial charge in [0.05, 0.1) is 24.0 Å². The molecule has 5 saturated carbocycles. The molecule has 6 aliphatic rings. The minimum atomic E-state index is -1.16. The highest BCUT2D eigenvalue weighted by molar-refractivity contribution is 6.02. The van der Waals surface area contributed by atoms with Crippen molar-refractivity contribution in [3.05, 3.63) is 11.1 Å². The van der Waals surface area contributed by atoms with Gasteiger partial charge in [-0.15, -0.1) is 0 Å². The van der Waals surface area contributed by atoms with Crippen LogP contribution in [-0.2, 0) is 23.9 Å². The highest BCUT2D eigenvalue weighted by Gasteiger charge is 2.70. The van der Waals surface area contributed by atoms with Gasteiger partial charge in [-0.1, -0.05) is 67.7 Å². The van der Waals surface area contributed by atoms with Crippen molar-refractivity contribution in [3.8, 4) is 0 Å². The minimum Gasteiger partial charge on any atom is -0.481 e. The molecule has 0 heterocycles. The highest BCUT2D eigenvalue weighted by atomic mass is 16.6. The topological polar surface area (TPSA) is 119 Å². The fraction of sp³-hybridized carbons (Fsp3) is 0.860. The van der Waals surface area contributed by atoms with Gasteiger partial charge in [0, 0.05) is 11.8 Å². The van der Waals surface area contributed by atoms with E-state index in [1.807, 2.05) is 0 Å². The number of carbonyl (C=O) groups is 4. The molecule has 0 aromatic heterocycles. The summed E-state index contributed by atoms with van der Waals surface area (Å²) < 4.78 is 12.1.